The number of rotatable bonds is 4. The number of nitrogens with zero attached hydrogens (tertiary/aromatic N) is 1. The summed E-state index contributed by atoms with van der Waals surface area (Å²) < 4.78 is 0. The van der Waals surface area contributed by atoms with Crippen LogP contribution in [0.25, 0.3) is 0 Å². The van der Waals surface area contributed by atoms with Gasteiger partial charge in [0.2, 0.25) is 5.91 Å². The molecule has 0 bridgehead atoms. The smallest absolute Gasteiger partial charge is 0.234 e. The van der Waals surface area contributed by atoms with Crippen molar-refractivity contribution in [2.45, 2.75) is 38.3 Å². The number of carbonyl (C=O) groups excluding carboxylic acids is 1. The highest BCUT2D eigenvalue weighted by atomic mass is 16.2. The lowest BCUT2D eigenvalue weighted by Gasteiger charge is -2.35. The standard InChI is InChI=1S/C12H23N3O/c1-9-8-15(2)6-5-11(9)13-7-12(16)14-10-3-4-10/h9-11,13H,3-8H2,1-2H3,(H,14,16). The van der Waals surface area contributed by atoms with Crippen molar-refractivity contribution in [2.75, 3.05) is 26.7 Å². The first-order valence-corrected chi connectivity index (χ1v) is 6.36. The van der Waals surface area contributed by atoms with Gasteiger partial charge in [-0.2, -0.15) is 0 Å². The van der Waals surface area contributed by atoms with Crippen LogP contribution >= 0.6 is 0 Å². The maximum atomic E-state index is 11.5. The van der Waals surface area contributed by atoms with E-state index >= 15 is 0 Å². The summed E-state index contributed by atoms with van der Waals surface area (Å²) in [5.74, 6) is 0.793. The van der Waals surface area contributed by atoms with E-state index in [0.717, 1.165) is 32.4 Å². The lowest BCUT2D eigenvalue weighted by Crippen LogP contribution is -2.49. The van der Waals surface area contributed by atoms with Gasteiger partial charge in [0.25, 0.3) is 0 Å². The minimum Gasteiger partial charge on any atom is -0.352 e. The Labute approximate surface area is 97.8 Å². The zero-order valence-electron chi connectivity index (χ0n) is 10.3. The number of hydrogen-bond acceptors (Lipinski definition) is 3. The average Bonchev–Trinajstić information content (AvgIpc) is 3.00. The van der Waals surface area contributed by atoms with Crippen LogP contribution in [0, 0.1) is 5.92 Å². The molecule has 4 heteroatoms. The maximum Gasteiger partial charge on any atom is 0.234 e. The highest BCUT2D eigenvalue weighted by Gasteiger charge is 2.26. The van der Waals surface area contributed by atoms with Crippen molar-refractivity contribution >= 4 is 5.91 Å². The molecule has 1 amide bonds. The minimum atomic E-state index is 0.161. The monoisotopic (exact) mass is 225 g/mol. The van der Waals surface area contributed by atoms with Crippen molar-refractivity contribution in [1.29, 1.82) is 0 Å². The van der Waals surface area contributed by atoms with E-state index < -0.39 is 0 Å². The predicted molar refractivity (Wildman–Crippen MR) is 64.2 cm³/mol. The zero-order valence-corrected chi connectivity index (χ0v) is 10.3. The lowest BCUT2D eigenvalue weighted by molar-refractivity contribution is -0.120. The van der Waals surface area contributed by atoms with Crippen molar-refractivity contribution in [3.05, 3.63) is 0 Å². The van der Waals surface area contributed by atoms with E-state index in [1.54, 1.807) is 0 Å². The number of nitrogens with one attached hydrogen (secondary N) is 2. The molecule has 1 aliphatic carbocycles. The molecule has 4 nitrogen and oxygen atoms in total. The number of piperidine rings is 1. The van der Waals surface area contributed by atoms with Gasteiger partial charge >= 0.3 is 0 Å². The van der Waals surface area contributed by atoms with Crippen LogP contribution in [0.3, 0.4) is 0 Å². The molecule has 0 aromatic carbocycles. The minimum absolute atomic E-state index is 0.161. The average molecular weight is 225 g/mol. The molecule has 2 rings (SSSR count). The highest BCUT2D eigenvalue weighted by molar-refractivity contribution is 5.78. The van der Waals surface area contributed by atoms with E-state index in [9.17, 15) is 4.79 Å². The molecule has 1 aliphatic heterocycles. The molecule has 2 N–H and O–H groups in total. The van der Waals surface area contributed by atoms with E-state index in [1.165, 1.54) is 0 Å². The predicted octanol–water partition coefficient (Wildman–Crippen LogP) is 0.195. The Morgan fingerprint density at radius 1 is 1.38 bits per heavy atom. The Hall–Kier alpha value is -0.610. The molecule has 0 radical (unpaired) electrons. The summed E-state index contributed by atoms with van der Waals surface area (Å²) in [6.07, 6.45) is 3.47. The van der Waals surface area contributed by atoms with Crippen LogP contribution in [0.1, 0.15) is 26.2 Å². The van der Waals surface area contributed by atoms with Gasteiger partial charge in [-0.1, -0.05) is 6.92 Å². The summed E-state index contributed by atoms with van der Waals surface area (Å²) in [5.41, 5.74) is 0. The summed E-state index contributed by atoms with van der Waals surface area (Å²) in [6, 6.07) is 0.977. The number of likely N-dealkylation sites (tertiary alicyclic amines) is 1. The Kier molecular flexibility index (Phi) is 3.82. The Morgan fingerprint density at radius 3 is 2.75 bits per heavy atom. The second-order valence-corrected chi connectivity index (χ2v) is 5.36. The van der Waals surface area contributed by atoms with Gasteiger partial charge in [0.05, 0.1) is 6.54 Å². The fourth-order valence-electron chi connectivity index (χ4n) is 2.39. The van der Waals surface area contributed by atoms with E-state index in [2.05, 4.69) is 29.5 Å². The second kappa shape index (κ2) is 5.15. The molecule has 2 unspecified atom stereocenters. The van der Waals surface area contributed by atoms with Gasteiger partial charge in [-0.25, -0.2) is 0 Å². The molecule has 0 aromatic heterocycles. The number of hydrogen-bond donors (Lipinski definition) is 2. The van der Waals surface area contributed by atoms with E-state index in [4.69, 9.17) is 0 Å². The molecule has 1 heterocycles. The first-order valence-electron chi connectivity index (χ1n) is 6.36. The highest BCUT2D eigenvalue weighted by Crippen LogP contribution is 2.18. The van der Waals surface area contributed by atoms with Crippen LogP contribution in [-0.2, 0) is 4.79 Å². The summed E-state index contributed by atoms with van der Waals surface area (Å²) in [7, 11) is 2.16. The van der Waals surface area contributed by atoms with Crippen molar-refractivity contribution in [3.8, 4) is 0 Å². The van der Waals surface area contributed by atoms with Crippen molar-refractivity contribution in [3.63, 3.8) is 0 Å². The lowest BCUT2D eigenvalue weighted by atomic mass is 9.94. The normalized spacial score (nSPS) is 31.4. The molecule has 2 fully saturated rings. The molecule has 1 saturated carbocycles. The van der Waals surface area contributed by atoms with E-state index in [0.29, 0.717) is 24.5 Å². The first kappa shape index (κ1) is 11.9. The van der Waals surface area contributed by atoms with Crippen LogP contribution in [0.15, 0.2) is 0 Å². The van der Waals surface area contributed by atoms with Gasteiger partial charge in [-0.3, -0.25) is 4.79 Å². The molecular weight excluding hydrogens is 202 g/mol. The van der Waals surface area contributed by atoms with Crippen LogP contribution in [0.4, 0.5) is 0 Å². The number of amides is 1. The Morgan fingerprint density at radius 2 is 2.12 bits per heavy atom. The van der Waals surface area contributed by atoms with Crippen LogP contribution in [-0.4, -0.2) is 49.6 Å². The van der Waals surface area contributed by atoms with Gasteiger partial charge in [0.15, 0.2) is 0 Å². The van der Waals surface area contributed by atoms with Crippen molar-refractivity contribution < 1.29 is 4.79 Å². The van der Waals surface area contributed by atoms with E-state index in [1.807, 2.05) is 0 Å². The second-order valence-electron chi connectivity index (χ2n) is 5.36. The van der Waals surface area contributed by atoms with Crippen LogP contribution in [0.2, 0.25) is 0 Å². The first-order chi connectivity index (χ1) is 7.65. The molecular formula is C12H23N3O. The van der Waals surface area contributed by atoms with Crippen LogP contribution < -0.4 is 10.6 Å². The fraction of sp³-hybridized carbons (Fsp3) is 0.917. The molecule has 92 valence electrons. The Balaban J connectivity index is 1.66. The SMILES string of the molecule is CC1CN(C)CCC1NCC(=O)NC1CC1. The summed E-state index contributed by atoms with van der Waals surface area (Å²) in [4.78, 5) is 13.9. The third-order valence-electron chi connectivity index (χ3n) is 3.58. The van der Waals surface area contributed by atoms with Gasteiger partial charge in [-0.15, -0.1) is 0 Å². The third-order valence-corrected chi connectivity index (χ3v) is 3.58. The quantitative estimate of drug-likeness (QED) is 0.718. The van der Waals surface area contributed by atoms with Crippen molar-refractivity contribution in [1.82, 2.24) is 15.5 Å². The molecule has 16 heavy (non-hydrogen) atoms. The topological polar surface area (TPSA) is 44.4 Å². The molecule has 1 saturated heterocycles. The van der Waals surface area contributed by atoms with Gasteiger partial charge < -0.3 is 15.5 Å². The summed E-state index contributed by atoms with van der Waals surface area (Å²) in [6.45, 7) is 5.00. The summed E-state index contributed by atoms with van der Waals surface area (Å²) in [5, 5.41) is 6.39. The molecule has 2 aliphatic rings. The maximum absolute atomic E-state index is 11.5. The van der Waals surface area contributed by atoms with Gasteiger partial charge in [0, 0.05) is 18.6 Å². The molecule has 0 spiro atoms. The van der Waals surface area contributed by atoms with Gasteiger partial charge in [0.1, 0.15) is 0 Å². The van der Waals surface area contributed by atoms with Crippen LogP contribution in [0.5, 0.6) is 0 Å². The largest absolute Gasteiger partial charge is 0.352 e. The zero-order chi connectivity index (χ0) is 11.5. The van der Waals surface area contributed by atoms with E-state index in [-0.39, 0.29) is 5.91 Å². The fourth-order valence-corrected chi connectivity index (χ4v) is 2.39. The summed E-state index contributed by atoms with van der Waals surface area (Å²) >= 11 is 0. The third kappa shape index (κ3) is 3.46. The molecule has 2 atom stereocenters. The Bertz CT molecular complexity index is 253. The molecule has 0 aromatic rings. The van der Waals surface area contributed by atoms with Gasteiger partial charge in [-0.05, 0) is 38.8 Å². The van der Waals surface area contributed by atoms with Crippen molar-refractivity contribution in [2.24, 2.45) is 5.92 Å². The number of carbonyl (C=O) groups is 1.